The van der Waals surface area contributed by atoms with Gasteiger partial charge >= 0.3 is 0 Å². The third-order valence-electron chi connectivity index (χ3n) is 4.23. The summed E-state index contributed by atoms with van der Waals surface area (Å²) >= 11 is 0. The van der Waals surface area contributed by atoms with Gasteiger partial charge in [0.05, 0.1) is 20.0 Å². The van der Waals surface area contributed by atoms with Crippen molar-refractivity contribution in [3.05, 3.63) is 11.4 Å². The SMILES string of the molecule is Cc1nonc1/C(C[N+]12CN3CN(CN(C3)C1)C2)=N/O. The summed E-state index contributed by atoms with van der Waals surface area (Å²) in [6.07, 6.45) is 0. The molecule has 0 radical (unpaired) electrons. The van der Waals surface area contributed by atoms with Gasteiger partial charge in [0.15, 0.2) is 11.4 Å². The van der Waals surface area contributed by atoms with Gasteiger partial charge in [-0.15, -0.1) is 0 Å². The maximum absolute atomic E-state index is 9.35. The Balaban J connectivity index is 1.60. The van der Waals surface area contributed by atoms with Gasteiger partial charge in [0.2, 0.25) is 0 Å². The van der Waals surface area contributed by atoms with Crippen LogP contribution in [0.2, 0.25) is 0 Å². The molecule has 0 amide bonds. The van der Waals surface area contributed by atoms with Crippen molar-refractivity contribution in [3.63, 3.8) is 0 Å². The summed E-state index contributed by atoms with van der Waals surface area (Å²) in [5.74, 6) is 0. The van der Waals surface area contributed by atoms with E-state index in [9.17, 15) is 5.21 Å². The van der Waals surface area contributed by atoms with Crippen LogP contribution in [0.5, 0.6) is 0 Å². The van der Waals surface area contributed by atoms with Gasteiger partial charge in [-0.05, 0) is 12.1 Å². The van der Waals surface area contributed by atoms with Gasteiger partial charge in [-0.2, -0.15) is 0 Å². The van der Waals surface area contributed by atoms with Crippen molar-refractivity contribution in [2.24, 2.45) is 5.16 Å². The number of nitrogens with zero attached hydrogens (tertiary/aromatic N) is 7. The van der Waals surface area contributed by atoms with Crippen LogP contribution >= 0.6 is 0 Å². The lowest BCUT2D eigenvalue weighted by atomic mass is 10.1. The largest absolute Gasteiger partial charge is 0.410 e. The highest BCUT2D eigenvalue weighted by Crippen LogP contribution is 2.29. The summed E-state index contributed by atoms with van der Waals surface area (Å²) in [6, 6.07) is 0. The van der Waals surface area contributed by atoms with Crippen molar-refractivity contribution in [1.82, 2.24) is 25.0 Å². The molecule has 5 rings (SSSR count). The van der Waals surface area contributed by atoms with Crippen LogP contribution in [0, 0.1) is 6.92 Å². The first-order chi connectivity index (χ1) is 9.67. The Hall–Kier alpha value is -1.55. The maximum Gasteiger partial charge on any atom is 0.165 e. The number of hydrogen-bond acceptors (Lipinski definition) is 8. The topological polar surface area (TPSA) is 81.2 Å². The monoisotopic (exact) mass is 280 g/mol. The lowest BCUT2D eigenvalue weighted by Gasteiger charge is -2.60. The molecule has 1 N–H and O–H groups in total. The van der Waals surface area contributed by atoms with Gasteiger partial charge in [-0.3, -0.25) is 4.48 Å². The lowest BCUT2D eigenvalue weighted by Crippen LogP contribution is -2.79. The van der Waals surface area contributed by atoms with Crippen LogP contribution in [0.4, 0.5) is 0 Å². The third kappa shape index (κ3) is 1.82. The third-order valence-corrected chi connectivity index (χ3v) is 4.23. The average Bonchev–Trinajstić information content (AvgIpc) is 2.80. The van der Waals surface area contributed by atoms with Gasteiger partial charge in [0, 0.05) is 0 Å². The predicted octanol–water partition coefficient (Wildman–Crippen LogP) is -0.935. The van der Waals surface area contributed by atoms with E-state index in [4.69, 9.17) is 4.63 Å². The molecule has 20 heavy (non-hydrogen) atoms. The molecule has 0 aromatic carbocycles. The van der Waals surface area contributed by atoms with Crippen molar-refractivity contribution in [2.75, 3.05) is 46.6 Å². The molecular weight excluding hydrogens is 262 g/mol. The highest BCUT2D eigenvalue weighted by Gasteiger charge is 2.49. The first kappa shape index (κ1) is 12.2. The number of oxime groups is 1. The van der Waals surface area contributed by atoms with E-state index in [2.05, 4.69) is 30.2 Å². The van der Waals surface area contributed by atoms with Crippen molar-refractivity contribution >= 4 is 5.71 Å². The molecule has 1 aromatic heterocycles. The second kappa shape index (κ2) is 4.22. The van der Waals surface area contributed by atoms with Gasteiger partial charge in [-0.25, -0.2) is 19.3 Å². The zero-order valence-corrected chi connectivity index (χ0v) is 11.4. The Labute approximate surface area is 116 Å². The molecule has 4 aliphatic rings. The summed E-state index contributed by atoms with van der Waals surface area (Å²) in [5, 5.41) is 20.4. The second-order valence-electron chi connectivity index (χ2n) is 6.11. The Kier molecular flexibility index (Phi) is 2.58. The molecule has 0 saturated carbocycles. The molecule has 4 fully saturated rings. The highest BCUT2D eigenvalue weighted by atomic mass is 16.6. The Morgan fingerprint density at radius 2 is 1.80 bits per heavy atom. The van der Waals surface area contributed by atoms with Gasteiger partial charge < -0.3 is 5.21 Å². The fourth-order valence-electron chi connectivity index (χ4n) is 3.77. The maximum atomic E-state index is 9.35. The van der Waals surface area contributed by atoms with Crippen LogP contribution in [0.25, 0.3) is 0 Å². The van der Waals surface area contributed by atoms with E-state index in [1.807, 2.05) is 0 Å². The van der Waals surface area contributed by atoms with E-state index < -0.39 is 0 Å². The minimum atomic E-state index is 0.550. The minimum absolute atomic E-state index is 0.550. The lowest BCUT2D eigenvalue weighted by molar-refractivity contribution is -0.972. The molecule has 4 saturated heterocycles. The fraction of sp³-hybridized carbons (Fsp3) is 0.727. The van der Waals surface area contributed by atoms with E-state index in [-0.39, 0.29) is 0 Å². The van der Waals surface area contributed by atoms with Crippen molar-refractivity contribution in [2.45, 2.75) is 6.92 Å². The Bertz CT molecular complexity index is 519. The minimum Gasteiger partial charge on any atom is -0.410 e. The number of aryl methyl sites for hydroxylation is 1. The summed E-state index contributed by atoms with van der Waals surface area (Å²) in [4.78, 5) is 7.25. The Morgan fingerprint density at radius 3 is 2.25 bits per heavy atom. The number of aromatic nitrogens is 2. The van der Waals surface area contributed by atoms with Crippen LogP contribution < -0.4 is 0 Å². The molecule has 108 valence electrons. The van der Waals surface area contributed by atoms with E-state index in [0.29, 0.717) is 23.6 Å². The summed E-state index contributed by atoms with van der Waals surface area (Å²) in [6.45, 7) is 8.49. The van der Waals surface area contributed by atoms with E-state index >= 15 is 0 Å². The normalized spacial score (nSPS) is 39.5. The predicted molar refractivity (Wildman–Crippen MR) is 67.2 cm³/mol. The summed E-state index contributed by atoms with van der Waals surface area (Å²) < 4.78 is 5.57. The van der Waals surface area contributed by atoms with Crippen LogP contribution in [-0.2, 0) is 0 Å². The van der Waals surface area contributed by atoms with E-state index in [1.165, 1.54) is 0 Å². The van der Waals surface area contributed by atoms with E-state index in [0.717, 1.165) is 44.5 Å². The van der Waals surface area contributed by atoms with Crippen molar-refractivity contribution < 1.29 is 14.3 Å². The first-order valence-electron chi connectivity index (χ1n) is 6.70. The van der Waals surface area contributed by atoms with Gasteiger partial charge in [0.1, 0.15) is 32.2 Å². The average molecular weight is 280 g/mol. The second-order valence-corrected chi connectivity index (χ2v) is 6.11. The van der Waals surface area contributed by atoms with Gasteiger partial charge in [-0.1, -0.05) is 10.3 Å². The van der Waals surface area contributed by atoms with E-state index in [1.54, 1.807) is 6.92 Å². The molecule has 9 heteroatoms. The van der Waals surface area contributed by atoms with Crippen LogP contribution in [0.1, 0.15) is 11.4 Å². The highest BCUT2D eigenvalue weighted by molar-refractivity contribution is 6.00. The molecule has 5 heterocycles. The molecule has 9 nitrogen and oxygen atoms in total. The first-order valence-corrected chi connectivity index (χ1v) is 6.70. The van der Waals surface area contributed by atoms with Gasteiger partial charge in [0.25, 0.3) is 0 Å². The van der Waals surface area contributed by atoms with Crippen LogP contribution in [-0.4, -0.2) is 87.0 Å². The van der Waals surface area contributed by atoms with Crippen LogP contribution in [0.15, 0.2) is 9.78 Å². The number of rotatable bonds is 3. The summed E-state index contributed by atoms with van der Waals surface area (Å²) in [7, 11) is 0. The van der Waals surface area contributed by atoms with Crippen molar-refractivity contribution in [1.29, 1.82) is 0 Å². The summed E-state index contributed by atoms with van der Waals surface area (Å²) in [5.41, 5.74) is 1.77. The molecule has 1 aromatic rings. The number of quaternary nitrogens is 1. The molecular formula is C11H18N7O2+. The van der Waals surface area contributed by atoms with Crippen molar-refractivity contribution in [3.8, 4) is 0 Å². The zero-order valence-electron chi connectivity index (χ0n) is 11.4. The molecule has 4 aliphatic heterocycles. The Morgan fingerprint density at radius 1 is 1.20 bits per heavy atom. The molecule has 0 spiro atoms. The molecule has 0 aliphatic carbocycles. The standard InChI is InChI=1S/C11H17N7O2/c1-9-11(14-20-13-9)10(12-19)2-18-6-15-3-16(7-18)5-17(4-15)8-18/h2-8H2,1H3/p+1/b12-10+. The molecule has 0 unspecified atom stereocenters. The quantitative estimate of drug-likeness (QED) is 0.331. The molecule has 0 atom stereocenters. The zero-order chi connectivity index (χ0) is 13.7. The van der Waals surface area contributed by atoms with Crippen LogP contribution in [0.3, 0.4) is 0 Å². The smallest absolute Gasteiger partial charge is 0.165 e. The molecule has 4 bridgehead atoms. The number of hydrogen-bond donors (Lipinski definition) is 1. The fourth-order valence-corrected chi connectivity index (χ4v) is 3.77.